The molecule has 3 N–H and O–H groups in total. The van der Waals surface area contributed by atoms with Crippen LogP contribution in [0.25, 0.3) is 21.9 Å². The Kier molecular flexibility index (Phi) is 5.07. The fourth-order valence-electron chi connectivity index (χ4n) is 3.92. The van der Waals surface area contributed by atoms with Crippen LogP contribution in [-0.4, -0.2) is 21.7 Å². The summed E-state index contributed by atoms with van der Waals surface area (Å²) in [6.07, 6.45) is 2.61. The Labute approximate surface area is 202 Å². The highest BCUT2D eigenvalue weighted by Gasteiger charge is 2.22. The van der Waals surface area contributed by atoms with E-state index < -0.39 is 0 Å². The van der Waals surface area contributed by atoms with Crippen molar-refractivity contribution in [1.29, 1.82) is 0 Å². The van der Waals surface area contributed by atoms with Gasteiger partial charge >= 0.3 is 0 Å². The van der Waals surface area contributed by atoms with E-state index in [1.807, 2.05) is 16.7 Å². The van der Waals surface area contributed by atoms with Gasteiger partial charge in [0.2, 0.25) is 24.1 Å². The van der Waals surface area contributed by atoms with E-state index in [0.717, 1.165) is 50.2 Å². The first kappa shape index (κ1) is 20.3. The SMILES string of the molecule is Nc1nc[n+](CCc2ccc3ccccc3c2)c2nc(Sc3cc4c(cc3Br)OCO4)[nH]c12. The summed E-state index contributed by atoms with van der Waals surface area (Å²) in [6.45, 7) is 0.977. The molecule has 1 aliphatic rings. The Balaban J connectivity index is 1.28. The molecule has 9 heteroatoms. The molecule has 3 heterocycles. The maximum atomic E-state index is 6.15. The summed E-state index contributed by atoms with van der Waals surface area (Å²) in [5.41, 5.74) is 8.93. The van der Waals surface area contributed by atoms with Crippen molar-refractivity contribution in [3.63, 3.8) is 0 Å². The monoisotopic (exact) mass is 520 g/mol. The Morgan fingerprint density at radius 1 is 1.06 bits per heavy atom. The summed E-state index contributed by atoms with van der Waals surface area (Å²) >= 11 is 5.10. The first-order valence-electron chi connectivity index (χ1n) is 10.4. The molecule has 0 saturated heterocycles. The molecule has 0 bridgehead atoms. The average Bonchev–Trinajstić information content (AvgIpc) is 3.46. The second-order valence-electron chi connectivity index (χ2n) is 7.73. The number of aromatic nitrogens is 4. The van der Waals surface area contributed by atoms with Gasteiger partial charge in [0, 0.05) is 15.8 Å². The molecule has 0 spiro atoms. The highest BCUT2D eigenvalue weighted by Crippen LogP contribution is 2.42. The van der Waals surface area contributed by atoms with E-state index in [-0.39, 0.29) is 6.79 Å². The molecule has 164 valence electrons. The molecule has 33 heavy (non-hydrogen) atoms. The molecule has 0 radical (unpaired) electrons. The molecule has 0 fully saturated rings. The van der Waals surface area contributed by atoms with Crippen molar-refractivity contribution in [1.82, 2.24) is 15.0 Å². The number of fused-ring (bicyclic) bond motifs is 3. The molecule has 3 aromatic carbocycles. The number of halogens is 1. The molecule has 0 atom stereocenters. The first-order chi connectivity index (χ1) is 16.1. The van der Waals surface area contributed by atoms with Crippen molar-refractivity contribution in [2.75, 3.05) is 12.5 Å². The number of nitrogens with two attached hydrogens (primary N) is 1. The number of nitrogens with one attached hydrogen (secondary N) is 1. The number of hydrogen-bond acceptors (Lipinski definition) is 6. The van der Waals surface area contributed by atoms with E-state index in [4.69, 9.17) is 20.2 Å². The third-order valence-corrected chi connectivity index (χ3v) is 7.48. The third-order valence-electron chi connectivity index (χ3n) is 5.62. The molecule has 1 aliphatic heterocycles. The second kappa shape index (κ2) is 8.24. The summed E-state index contributed by atoms with van der Waals surface area (Å²) in [5, 5.41) is 3.21. The Bertz CT molecular complexity index is 1520. The average molecular weight is 521 g/mol. The van der Waals surface area contributed by atoms with Gasteiger partial charge in [0.05, 0.1) is 6.54 Å². The zero-order chi connectivity index (χ0) is 22.4. The zero-order valence-corrected chi connectivity index (χ0v) is 19.8. The van der Waals surface area contributed by atoms with Gasteiger partial charge in [-0.3, -0.25) is 0 Å². The number of benzene rings is 3. The lowest BCUT2D eigenvalue weighted by Gasteiger charge is -2.04. The number of ether oxygens (including phenoxy) is 2. The Morgan fingerprint density at radius 3 is 2.76 bits per heavy atom. The van der Waals surface area contributed by atoms with E-state index in [1.165, 1.54) is 28.1 Å². The summed E-state index contributed by atoms with van der Waals surface area (Å²) in [4.78, 5) is 13.5. The smallest absolute Gasteiger partial charge is 0.294 e. The van der Waals surface area contributed by atoms with Crippen molar-refractivity contribution in [3.05, 3.63) is 71.0 Å². The molecule has 6 rings (SSSR count). The number of rotatable bonds is 5. The molecule has 0 unspecified atom stereocenters. The fraction of sp³-hybridized carbons (Fsp3) is 0.125. The van der Waals surface area contributed by atoms with Crippen LogP contribution in [0, 0.1) is 0 Å². The maximum absolute atomic E-state index is 6.15. The van der Waals surface area contributed by atoms with Crippen LogP contribution in [0.5, 0.6) is 11.5 Å². The third kappa shape index (κ3) is 3.87. The topological polar surface area (TPSA) is 89.9 Å². The van der Waals surface area contributed by atoms with E-state index in [9.17, 15) is 0 Å². The molecular formula is C24H19BrN5O2S+. The van der Waals surface area contributed by atoms with Crippen molar-refractivity contribution < 1.29 is 14.0 Å². The summed E-state index contributed by atoms with van der Waals surface area (Å²) in [7, 11) is 0. The van der Waals surface area contributed by atoms with Gasteiger partial charge in [-0.15, -0.1) is 0 Å². The molecular weight excluding hydrogens is 502 g/mol. The maximum Gasteiger partial charge on any atom is 0.294 e. The van der Waals surface area contributed by atoms with Crippen LogP contribution >= 0.6 is 27.7 Å². The highest BCUT2D eigenvalue weighted by atomic mass is 79.9. The van der Waals surface area contributed by atoms with E-state index >= 15 is 0 Å². The zero-order valence-electron chi connectivity index (χ0n) is 17.4. The number of nitrogens with zero attached hydrogens (tertiary/aromatic N) is 3. The fourth-order valence-corrected chi connectivity index (χ4v) is 5.30. The number of anilines is 1. The first-order valence-corrected chi connectivity index (χ1v) is 12.0. The van der Waals surface area contributed by atoms with E-state index in [1.54, 1.807) is 6.33 Å². The predicted molar refractivity (Wildman–Crippen MR) is 131 cm³/mol. The predicted octanol–water partition coefficient (Wildman–Crippen LogP) is 4.87. The molecule has 5 aromatic rings. The van der Waals surface area contributed by atoms with Crippen LogP contribution < -0.4 is 19.8 Å². The molecule has 7 nitrogen and oxygen atoms in total. The minimum absolute atomic E-state index is 0.236. The van der Waals surface area contributed by atoms with Crippen LogP contribution in [0.15, 0.2) is 75.4 Å². The standard InChI is InChI=1S/C24H18BrN5O2S/c25-17-10-18-19(32-13-31-18)11-20(17)33-24-28-21-22(26)27-12-30(23(21)29-24)8-7-14-5-6-15-3-1-2-4-16(15)9-14/h1-6,9-12H,7-8,13H2,(H2,26,28,29)/p+1. The van der Waals surface area contributed by atoms with Gasteiger partial charge in [0.15, 0.2) is 17.0 Å². The number of imidazole rings is 1. The van der Waals surface area contributed by atoms with Crippen LogP contribution in [0.2, 0.25) is 0 Å². The Hall–Kier alpha value is -3.30. The minimum atomic E-state index is 0.236. The largest absolute Gasteiger partial charge is 0.454 e. The van der Waals surface area contributed by atoms with Crippen molar-refractivity contribution in [3.8, 4) is 11.5 Å². The van der Waals surface area contributed by atoms with Gasteiger partial charge in [0.1, 0.15) is 0 Å². The van der Waals surface area contributed by atoms with Gasteiger partial charge < -0.3 is 20.2 Å². The number of nitrogen functional groups attached to an aromatic ring is 1. The number of aryl methyl sites for hydroxylation is 2. The van der Waals surface area contributed by atoms with E-state index in [2.05, 4.69) is 68.4 Å². The van der Waals surface area contributed by atoms with Crippen LogP contribution in [-0.2, 0) is 13.0 Å². The summed E-state index contributed by atoms with van der Waals surface area (Å²) in [5.74, 6) is 1.88. The number of aromatic amines is 1. The van der Waals surface area contributed by atoms with Crippen molar-refractivity contribution in [2.24, 2.45) is 0 Å². The van der Waals surface area contributed by atoms with Crippen LogP contribution in [0.3, 0.4) is 0 Å². The van der Waals surface area contributed by atoms with Crippen LogP contribution in [0.1, 0.15) is 5.56 Å². The molecule has 2 aromatic heterocycles. The van der Waals surface area contributed by atoms with Crippen molar-refractivity contribution >= 4 is 55.4 Å². The lowest BCUT2D eigenvalue weighted by atomic mass is 10.1. The normalized spacial score (nSPS) is 12.6. The number of H-pyrrole nitrogens is 1. The van der Waals surface area contributed by atoms with Crippen molar-refractivity contribution in [2.45, 2.75) is 23.0 Å². The molecule has 0 aliphatic carbocycles. The minimum Gasteiger partial charge on any atom is -0.454 e. The van der Waals surface area contributed by atoms with Gasteiger partial charge in [-0.25, -0.2) is 4.57 Å². The Morgan fingerprint density at radius 2 is 1.88 bits per heavy atom. The van der Waals surface area contributed by atoms with Gasteiger partial charge in [-0.05, 0) is 56.2 Å². The highest BCUT2D eigenvalue weighted by molar-refractivity contribution is 9.10. The second-order valence-corrected chi connectivity index (χ2v) is 9.62. The summed E-state index contributed by atoms with van der Waals surface area (Å²) in [6, 6.07) is 18.8. The lowest BCUT2D eigenvalue weighted by Crippen LogP contribution is -2.36. The van der Waals surface area contributed by atoms with Crippen LogP contribution in [0.4, 0.5) is 5.82 Å². The lowest BCUT2D eigenvalue weighted by molar-refractivity contribution is -0.675. The molecule has 0 saturated carbocycles. The molecule has 0 amide bonds. The van der Waals surface area contributed by atoms with Gasteiger partial charge in [-0.1, -0.05) is 52.4 Å². The van der Waals surface area contributed by atoms with E-state index in [0.29, 0.717) is 5.82 Å². The van der Waals surface area contributed by atoms with Gasteiger partial charge in [0.25, 0.3) is 5.65 Å². The summed E-state index contributed by atoms with van der Waals surface area (Å²) < 4.78 is 13.9. The quantitative estimate of drug-likeness (QED) is 0.321. The number of hydrogen-bond donors (Lipinski definition) is 2. The van der Waals surface area contributed by atoms with Gasteiger partial charge in [-0.2, -0.15) is 0 Å².